The van der Waals surface area contributed by atoms with E-state index in [0.29, 0.717) is 23.9 Å². The Balaban J connectivity index is 0.000000165. The minimum atomic E-state index is -5.52. The number of rotatable bonds is 18. The van der Waals surface area contributed by atoms with Crippen molar-refractivity contribution < 1.29 is 67.7 Å². The van der Waals surface area contributed by atoms with Gasteiger partial charge in [-0.15, -0.1) is 0 Å². The maximum absolute atomic E-state index is 11.6. The maximum Gasteiger partial charge on any atom is 0.488 e. The Hall–Kier alpha value is -9.74. The number of ether oxygens (including phenoxy) is 2. The first-order chi connectivity index (χ1) is 48.5. The van der Waals surface area contributed by atoms with Gasteiger partial charge in [-0.1, -0.05) is 301 Å². The van der Waals surface area contributed by atoms with Gasteiger partial charge >= 0.3 is 34.2 Å². The molecule has 512 valence electrons. The van der Waals surface area contributed by atoms with Crippen molar-refractivity contribution in [1.82, 2.24) is 0 Å². The Bertz CT molecular complexity index is 4770. The highest BCUT2D eigenvalue weighted by atomic mass is 79.9. The van der Waals surface area contributed by atoms with Gasteiger partial charge in [-0.3, -0.25) is 23.5 Å². The minimum Gasteiger partial charge on any atom is -0.469 e. The Morgan fingerprint density at radius 1 is 0.356 bits per heavy atom. The summed E-state index contributed by atoms with van der Waals surface area (Å²) in [7, 11) is -9.64. The lowest BCUT2D eigenvalue weighted by molar-refractivity contribution is -0.140. The van der Waals surface area contributed by atoms with Crippen LogP contribution in [0.3, 0.4) is 0 Å². The molecule has 0 atom stereocenters. The van der Waals surface area contributed by atoms with Gasteiger partial charge in [-0.05, 0) is 148 Å². The third kappa shape index (κ3) is 23.4. The predicted molar refractivity (Wildman–Crippen MR) is 407 cm³/mol. The standard InChI is InChI=1S/C21H18O2.C20H15ClO.C20H20O7P2.C12H11BO2.C9H9BrO2/c1-23-21(22)14-16-7-5-10-18(13-16)20-12-6-11-19(15-20)17-8-3-2-4-9-17;21-20(22)13-15-6-4-9-17(12-15)19-11-5-10-18(14-19)16-7-2-1-3-8-16;21-20(28(22,23)24,29(25,26)27)14-15-6-4-9-17(12-15)19-11-5-10-18(13-19)16-7-2-1-3-8-16;14-13(15)12-8-4-7-11(9-12)10-5-2-1-3-6-10;1-12-9(11)6-7-3-2-4-8(10)5-7/h2-13,15H,14H2,1H3;1-12,14H,13H2;1-13,21H,14H2,(H2,22,23,24)(H2,25,26,27);1-9,14-15H;2-5H,6H2,1H3. The molecular formula is C82H73BBrClO14P2. The second kappa shape index (κ2) is 37.6. The summed E-state index contributed by atoms with van der Waals surface area (Å²) in [5.41, 5.74) is 18.3. The molecule has 0 amide bonds. The molecule has 0 unspecified atom stereocenters. The molecule has 19 heteroatoms. The van der Waals surface area contributed by atoms with Gasteiger partial charge in [0.15, 0.2) is 0 Å². The number of esters is 2. The van der Waals surface area contributed by atoms with Gasteiger partial charge in [0.1, 0.15) is 0 Å². The average molecular weight is 1470 g/mol. The van der Waals surface area contributed by atoms with E-state index in [1.807, 2.05) is 200 Å². The van der Waals surface area contributed by atoms with Gasteiger partial charge in [-0.2, -0.15) is 0 Å². The van der Waals surface area contributed by atoms with Crippen LogP contribution in [0, 0.1) is 0 Å². The van der Waals surface area contributed by atoms with Crippen molar-refractivity contribution in [3.63, 3.8) is 0 Å². The Morgan fingerprint density at radius 2 is 0.614 bits per heavy atom. The first kappa shape index (κ1) is 77.0. The van der Waals surface area contributed by atoms with Crippen LogP contribution in [-0.4, -0.2) is 78.3 Å². The Kier molecular flexibility index (Phi) is 28.7. The quantitative estimate of drug-likeness (QED) is 0.0183. The normalized spacial score (nSPS) is 10.9. The molecule has 0 spiro atoms. The highest BCUT2D eigenvalue weighted by Crippen LogP contribution is 2.68. The molecule has 14 nitrogen and oxygen atoms in total. The van der Waals surface area contributed by atoms with Crippen molar-refractivity contribution in [2.75, 3.05) is 14.2 Å². The van der Waals surface area contributed by atoms with Crippen LogP contribution in [0.15, 0.2) is 320 Å². The first-order valence-corrected chi connectivity index (χ1v) is 36.0. The summed E-state index contributed by atoms with van der Waals surface area (Å²) in [6.07, 6.45) is -0.0137. The highest BCUT2D eigenvalue weighted by Gasteiger charge is 2.59. The molecule has 12 rings (SSSR count). The SMILES string of the molecule is COC(=O)Cc1cccc(-c2cccc(-c3ccccc3)c2)c1.COC(=O)Cc1cccc(Br)c1.O=C(Cl)Cc1cccc(-c2cccc(-c3ccccc3)c2)c1.O=P(O)(O)C(O)(Cc1cccc(-c2cccc(-c3ccccc3)c2)c1)P(=O)(O)O.OB(O)c1cccc(-c2ccccc2)c1. The smallest absolute Gasteiger partial charge is 0.469 e. The zero-order valence-corrected chi connectivity index (χ0v) is 59.2. The monoisotopic (exact) mass is 1470 g/mol. The maximum atomic E-state index is 11.6. The number of benzene rings is 12. The van der Waals surface area contributed by atoms with Crippen molar-refractivity contribution in [2.24, 2.45) is 0 Å². The molecule has 0 saturated carbocycles. The van der Waals surface area contributed by atoms with E-state index in [1.165, 1.54) is 42.5 Å². The molecule has 12 aromatic carbocycles. The van der Waals surface area contributed by atoms with E-state index >= 15 is 0 Å². The molecular weight excluding hydrogens is 1400 g/mol. The number of hydrogen-bond acceptors (Lipinski definition) is 10. The summed E-state index contributed by atoms with van der Waals surface area (Å²) in [6, 6.07) is 102. The van der Waals surface area contributed by atoms with Gasteiger partial charge in [0.05, 0.1) is 27.1 Å². The summed E-state index contributed by atoms with van der Waals surface area (Å²) in [6.45, 7) is 0. The number of hydrogen-bond donors (Lipinski definition) is 7. The largest absolute Gasteiger partial charge is 0.488 e. The molecule has 0 saturated heterocycles. The van der Waals surface area contributed by atoms with E-state index < -0.39 is 33.8 Å². The Morgan fingerprint density at radius 3 is 0.931 bits per heavy atom. The van der Waals surface area contributed by atoms with Crippen LogP contribution in [0.25, 0.3) is 77.9 Å². The molecule has 7 N–H and O–H groups in total. The van der Waals surface area contributed by atoms with Crippen LogP contribution in [0.5, 0.6) is 0 Å². The number of carbonyl (C=O) groups is 3. The number of carbonyl (C=O) groups excluding carboxylic acids is 3. The van der Waals surface area contributed by atoms with Crippen molar-refractivity contribution in [3.05, 3.63) is 342 Å². The topological polar surface area (TPSA) is 245 Å². The fourth-order valence-corrected chi connectivity index (χ4v) is 13.3. The van der Waals surface area contributed by atoms with E-state index in [-0.39, 0.29) is 29.2 Å². The van der Waals surface area contributed by atoms with E-state index in [4.69, 9.17) is 26.4 Å². The summed E-state index contributed by atoms with van der Waals surface area (Å²) in [5.74, 6) is -0.437. The highest BCUT2D eigenvalue weighted by molar-refractivity contribution is 9.10. The number of halogens is 2. The van der Waals surface area contributed by atoms with Gasteiger partial charge in [0.25, 0.3) is 5.08 Å². The van der Waals surface area contributed by atoms with Crippen molar-refractivity contribution in [3.8, 4) is 77.9 Å². The second-order valence-electron chi connectivity index (χ2n) is 23.0. The van der Waals surface area contributed by atoms with Crippen LogP contribution in [0.4, 0.5) is 0 Å². The van der Waals surface area contributed by atoms with Crippen molar-refractivity contribution >= 4 is 72.5 Å². The van der Waals surface area contributed by atoms with Gasteiger partial charge in [0.2, 0.25) is 5.24 Å². The lowest BCUT2D eigenvalue weighted by Gasteiger charge is -2.29. The van der Waals surface area contributed by atoms with Crippen LogP contribution in [0.1, 0.15) is 22.3 Å². The summed E-state index contributed by atoms with van der Waals surface area (Å²) >= 11 is 8.80. The second-order valence-corrected chi connectivity index (χ2v) is 28.4. The van der Waals surface area contributed by atoms with Crippen LogP contribution in [-0.2, 0) is 58.7 Å². The first-order valence-electron chi connectivity index (χ1n) is 31.6. The molecule has 12 aromatic rings. The van der Waals surface area contributed by atoms with E-state index in [2.05, 4.69) is 99.5 Å². The fourth-order valence-electron chi connectivity index (χ4n) is 10.6. The molecule has 0 bridgehead atoms. The third-order valence-corrected chi connectivity index (χ3v) is 20.1. The van der Waals surface area contributed by atoms with E-state index in [9.17, 15) is 48.2 Å². The average Bonchev–Trinajstić information content (AvgIpc) is 0.776. The molecule has 0 radical (unpaired) electrons. The summed E-state index contributed by atoms with van der Waals surface area (Å²) in [4.78, 5) is 70.8. The van der Waals surface area contributed by atoms with Crippen LogP contribution >= 0.6 is 42.7 Å². The molecule has 0 aliphatic heterocycles. The van der Waals surface area contributed by atoms with Gasteiger partial charge in [0, 0.05) is 17.3 Å². The number of methoxy groups -OCH3 is 2. The minimum absolute atomic E-state index is 0.182. The molecule has 0 heterocycles. The van der Waals surface area contributed by atoms with E-state index in [1.54, 1.807) is 30.3 Å². The summed E-state index contributed by atoms with van der Waals surface area (Å²) in [5, 5.41) is 24.4. The predicted octanol–water partition coefficient (Wildman–Crippen LogP) is 16.8. The zero-order valence-electron chi connectivity index (χ0n) is 55.1. The molecule has 0 aromatic heterocycles. The lowest BCUT2D eigenvalue weighted by Crippen LogP contribution is -2.31. The van der Waals surface area contributed by atoms with E-state index in [0.717, 1.165) is 71.2 Å². The lowest BCUT2D eigenvalue weighted by atomic mass is 9.79. The molecule has 101 heavy (non-hydrogen) atoms. The zero-order chi connectivity index (χ0) is 72.4. The molecule has 0 aliphatic rings. The summed E-state index contributed by atoms with van der Waals surface area (Å²) < 4.78 is 33.5. The third-order valence-electron chi connectivity index (χ3n) is 15.7. The van der Waals surface area contributed by atoms with Gasteiger partial charge in [-0.25, -0.2) is 0 Å². The molecule has 0 fully saturated rings. The van der Waals surface area contributed by atoms with Crippen molar-refractivity contribution in [2.45, 2.75) is 30.8 Å². The van der Waals surface area contributed by atoms with Crippen molar-refractivity contribution in [1.29, 1.82) is 0 Å². The fraction of sp³-hybridized carbons (Fsp3) is 0.0854. The Labute approximate surface area is 601 Å². The van der Waals surface area contributed by atoms with Gasteiger partial charge < -0.3 is 44.2 Å². The number of aliphatic hydroxyl groups is 1. The van der Waals surface area contributed by atoms with Crippen LogP contribution < -0.4 is 5.46 Å². The molecule has 0 aliphatic carbocycles. The van der Waals surface area contributed by atoms with Crippen LogP contribution in [0.2, 0.25) is 0 Å².